The number of nitrogens with zero attached hydrogens (tertiary/aromatic N) is 4. The minimum absolute atomic E-state index is 0.412. The first-order valence-electron chi connectivity index (χ1n) is 7.78. The third-order valence-corrected chi connectivity index (χ3v) is 4.39. The van der Waals surface area contributed by atoms with Crippen LogP contribution in [-0.2, 0) is 13.1 Å². The second-order valence-corrected chi connectivity index (χ2v) is 6.59. The molecule has 2 aromatic rings. The average molecular weight is 287 g/mol. The highest BCUT2D eigenvalue weighted by molar-refractivity contribution is 5.06. The van der Waals surface area contributed by atoms with E-state index in [1.807, 2.05) is 19.2 Å². The second-order valence-electron chi connectivity index (χ2n) is 6.59. The number of rotatable bonds is 7. The summed E-state index contributed by atoms with van der Waals surface area (Å²) in [4.78, 5) is 0. The Morgan fingerprint density at radius 3 is 2.76 bits per heavy atom. The minimum atomic E-state index is 0.412. The van der Waals surface area contributed by atoms with Crippen LogP contribution in [0, 0.1) is 19.3 Å². The van der Waals surface area contributed by atoms with E-state index in [1.165, 1.54) is 18.5 Å². The molecule has 1 saturated carbocycles. The highest BCUT2D eigenvalue weighted by Crippen LogP contribution is 2.46. The van der Waals surface area contributed by atoms with Gasteiger partial charge in [-0.05, 0) is 45.7 Å². The van der Waals surface area contributed by atoms with Gasteiger partial charge in [-0.3, -0.25) is 9.36 Å². The lowest BCUT2D eigenvalue weighted by atomic mass is 10.1. The Kier molecular flexibility index (Phi) is 3.85. The maximum Gasteiger partial charge on any atom is 0.0596 e. The normalized spacial score (nSPS) is 17.9. The maximum absolute atomic E-state index is 4.53. The summed E-state index contributed by atoms with van der Waals surface area (Å²) in [7, 11) is 0. The van der Waals surface area contributed by atoms with Gasteiger partial charge < -0.3 is 5.32 Å². The van der Waals surface area contributed by atoms with Gasteiger partial charge >= 0.3 is 0 Å². The van der Waals surface area contributed by atoms with E-state index in [4.69, 9.17) is 0 Å². The molecule has 114 valence electrons. The van der Waals surface area contributed by atoms with Crippen molar-refractivity contribution in [1.29, 1.82) is 0 Å². The second kappa shape index (κ2) is 5.64. The van der Waals surface area contributed by atoms with E-state index in [9.17, 15) is 0 Å². The maximum atomic E-state index is 4.53. The smallest absolute Gasteiger partial charge is 0.0596 e. The van der Waals surface area contributed by atoms with Crippen molar-refractivity contribution >= 4 is 0 Å². The lowest BCUT2D eigenvalue weighted by Gasteiger charge is -2.20. The summed E-state index contributed by atoms with van der Waals surface area (Å²) in [6.07, 6.45) is 6.51. The van der Waals surface area contributed by atoms with Gasteiger partial charge in [0.05, 0.1) is 12.2 Å². The van der Waals surface area contributed by atoms with Gasteiger partial charge in [0.1, 0.15) is 0 Å². The van der Waals surface area contributed by atoms with Crippen LogP contribution < -0.4 is 5.32 Å². The van der Waals surface area contributed by atoms with Crippen LogP contribution in [0.25, 0.3) is 0 Å². The fourth-order valence-corrected chi connectivity index (χ4v) is 2.88. The van der Waals surface area contributed by atoms with Gasteiger partial charge in [-0.15, -0.1) is 0 Å². The third kappa shape index (κ3) is 3.53. The zero-order valence-corrected chi connectivity index (χ0v) is 13.2. The molecule has 21 heavy (non-hydrogen) atoms. The quantitative estimate of drug-likeness (QED) is 0.849. The summed E-state index contributed by atoms with van der Waals surface area (Å²) in [6.45, 7) is 9.42. The molecule has 0 saturated heterocycles. The van der Waals surface area contributed by atoms with Crippen molar-refractivity contribution in [2.75, 3.05) is 6.54 Å². The number of aryl methyl sites for hydroxylation is 2. The van der Waals surface area contributed by atoms with E-state index in [2.05, 4.69) is 51.0 Å². The van der Waals surface area contributed by atoms with Crippen LogP contribution in [0.5, 0.6) is 0 Å². The fourth-order valence-electron chi connectivity index (χ4n) is 2.88. The summed E-state index contributed by atoms with van der Waals surface area (Å²) in [5, 5.41) is 12.5. The summed E-state index contributed by atoms with van der Waals surface area (Å²) in [5.74, 6) is 0. The van der Waals surface area contributed by atoms with Gasteiger partial charge in [-0.1, -0.05) is 0 Å². The van der Waals surface area contributed by atoms with Crippen molar-refractivity contribution in [2.24, 2.45) is 5.41 Å². The fraction of sp³-hybridized carbons (Fsp3) is 0.625. The van der Waals surface area contributed by atoms with E-state index in [0.717, 1.165) is 25.3 Å². The minimum Gasteiger partial charge on any atom is -0.312 e. The zero-order chi connectivity index (χ0) is 14.9. The molecule has 1 fully saturated rings. The van der Waals surface area contributed by atoms with E-state index in [0.29, 0.717) is 11.5 Å². The van der Waals surface area contributed by atoms with Crippen molar-refractivity contribution in [3.63, 3.8) is 0 Å². The molecule has 0 radical (unpaired) electrons. The Labute approximate surface area is 126 Å². The largest absolute Gasteiger partial charge is 0.312 e. The lowest BCUT2D eigenvalue weighted by molar-refractivity contribution is 0.339. The number of hydrogen-bond acceptors (Lipinski definition) is 3. The molecular weight excluding hydrogens is 262 g/mol. The monoisotopic (exact) mass is 287 g/mol. The predicted molar refractivity (Wildman–Crippen MR) is 83.1 cm³/mol. The summed E-state index contributed by atoms with van der Waals surface area (Å²) >= 11 is 0. The van der Waals surface area contributed by atoms with Crippen LogP contribution in [0.4, 0.5) is 0 Å². The Balaban J connectivity index is 1.49. The van der Waals surface area contributed by atoms with Gasteiger partial charge in [0.2, 0.25) is 0 Å². The Morgan fingerprint density at radius 1 is 1.38 bits per heavy atom. The lowest BCUT2D eigenvalue weighted by Crippen LogP contribution is -2.37. The van der Waals surface area contributed by atoms with Crippen LogP contribution in [0.2, 0.25) is 0 Å². The van der Waals surface area contributed by atoms with Gasteiger partial charge in [0.15, 0.2) is 0 Å². The molecule has 3 rings (SSSR count). The third-order valence-electron chi connectivity index (χ3n) is 4.39. The van der Waals surface area contributed by atoms with Crippen LogP contribution in [-0.4, -0.2) is 32.1 Å². The number of aromatic nitrogens is 4. The molecule has 2 aromatic heterocycles. The van der Waals surface area contributed by atoms with Crippen LogP contribution in [0.3, 0.4) is 0 Å². The molecule has 0 aromatic carbocycles. The van der Waals surface area contributed by atoms with Crippen LogP contribution >= 0.6 is 0 Å². The van der Waals surface area contributed by atoms with Crippen molar-refractivity contribution in [3.05, 3.63) is 35.9 Å². The molecule has 0 spiro atoms. The number of nitrogens with one attached hydrogen (secondary N) is 1. The highest BCUT2D eigenvalue weighted by atomic mass is 15.3. The topological polar surface area (TPSA) is 47.7 Å². The molecule has 1 N–H and O–H groups in total. The summed E-state index contributed by atoms with van der Waals surface area (Å²) < 4.78 is 4.15. The average Bonchev–Trinajstić information content (AvgIpc) is 2.84. The molecule has 1 aliphatic rings. The first-order valence-corrected chi connectivity index (χ1v) is 7.78. The van der Waals surface area contributed by atoms with Crippen molar-refractivity contribution in [1.82, 2.24) is 24.9 Å². The van der Waals surface area contributed by atoms with Gasteiger partial charge in [-0.2, -0.15) is 10.2 Å². The van der Waals surface area contributed by atoms with E-state index >= 15 is 0 Å². The molecule has 0 amide bonds. The predicted octanol–water partition coefficient (Wildman–Crippen LogP) is 2.15. The molecule has 1 unspecified atom stereocenters. The Morgan fingerprint density at radius 2 is 2.19 bits per heavy atom. The molecule has 0 bridgehead atoms. The Hall–Kier alpha value is -1.62. The van der Waals surface area contributed by atoms with Crippen molar-refractivity contribution in [3.8, 4) is 0 Å². The molecule has 1 atom stereocenters. The molecule has 5 nitrogen and oxygen atoms in total. The van der Waals surface area contributed by atoms with Gasteiger partial charge in [0, 0.05) is 42.6 Å². The van der Waals surface area contributed by atoms with E-state index in [-0.39, 0.29) is 0 Å². The van der Waals surface area contributed by atoms with Crippen molar-refractivity contribution in [2.45, 2.75) is 52.7 Å². The Bertz CT molecular complexity index is 580. The molecule has 0 aliphatic heterocycles. The molecule has 5 heteroatoms. The van der Waals surface area contributed by atoms with E-state index in [1.54, 1.807) is 0 Å². The standard InChI is InChI=1S/C16H25N5/c1-13-9-15(3)21(19-13)10-14(2)17-11-16(5-6-16)12-20-8-4-7-18-20/h4,7-9,14,17H,5-6,10-12H2,1-3H3. The van der Waals surface area contributed by atoms with Gasteiger partial charge in [0.25, 0.3) is 0 Å². The summed E-state index contributed by atoms with van der Waals surface area (Å²) in [5.41, 5.74) is 2.74. The van der Waals surface area contributed by atoms with E-state index < -0.39 is 0 Å². The highest BCUT2D eigenvalue weighted by Gasteiger charge is 2.42. The molecular formula is C16H25N5. The van der Waals surface area contributed by atoms with Crippen LogP contribution in [0.1, 0.15) is 31.2 Å². The molecule has 2 heterocycles. The zero-order valence-electron chi connectivity index (χ0n) is 13.2. The molecule has 1 aliphatic carbocycles. The van der Waals surface area contributed by atoms with Gasteiger partial charge in [-0.25, -0.2) is 0 Å². The first-order chi connectivity index (χ1) is 10.1. The SMILES string of the molecule is Cc1cc(C)n(CC(C)NCC2(Cn3cccn3)CC2)n1. The first kappa shape index (κ1) is 14.3. The van der Waals surface area contributed by atoms with Crippen LogP contribution in [0.15, 0.2) is 24.5 Å². The van der Waals surface area contributed by atoms with Crippen molar-refractivity contribution < 1.29 is 0 Å². The number of hydrogen-bond donors (Lipinski definition) is 1. The summed E-state index contributed by atoms with van der Waals surface area (Å²) in [6, 6.07) is 4.56.